The Morgan fingerprint density at radius 3 is 2.74 bits per heavy atom. The number of aliphatic hydroxyl groups is 1. The van der Waals surface area contributed by atoms with Crippen LogP contribution in [0, 0.1) is 5.82 Å². The summed E-state index contributed by atoms with van der Waals surface area (Å²) in [6.07, 6.45) is 2.08. The van der Waals surface area contributed by atoms with E-state index in [4.69, 9.17) is 15.2 Å². The fraction of sp³-hybridized carbons (Fsp3) is 0.333. The number of halogens is 1. The molecule has 1 amide bonds. The van der Waals surface area contributed by atoms with Gasteiger partial charge in [-0.3, -0.25) is 14.8 Å². The van der Waals surface area contributed by atoms with E-state index in [2.05, 4.69) is 25.5 Å². The van der Waals surface area contributed by atoms with Gasteiger partial charge in [-0.1, -0.05) is 6.07 Å². The van der Waals surface area contributed by atoms with Crippen LogP contribution in [-0.2, 0) is 11.2 Å². The first-order valence-electron chi connectivity index (χ1n) is 12.4. The lowest BCUT2D eigenvalue weighted by Crippen LogP contribution is -2.43. The standard InChI is InChI=1S/C27H32FN7O4/c1-27(2,15-36)32-8-5-9-39-23-14-21-20(13-22(23)38-3)26(31-16-30-21)35(19-7-4-6-17(28)10-19)25-12-18(33-34-25)11-24(29)37/h4,6-7,10,12-14,16,32,36H,5,8-9,11,15H2,1-3H3,(H2,29,37)(H,33,34). The SMILES string of the molecule is COc1cc2c(N(c3cccc(F)c3)c3cc(CC(N)=O)[nH]n3)ncnc2cc1OCCCNC(C)(C)CO. The Hall–Kier alpha value is -4.29. The van der Waals surface area contributed by atoms with Crippen LogP contribution in [0.3, 0.4) is 0 Å². The molecule has 0 atom stereocenters. The number of carbonyl (C=O) groups excluding carboxylic acids is 1. The van der Waals surface area contributed by atoms with Crippen molar-refractivity contribution in [1.29, 1.82) is 0 Å². The zero-order valence-corrected chi connectivity index (χ0v) is 22.1. The summed E-state index contributed by atoms with van der Waals surface area (Å²) < 4.78 is 25.9. The van der Waals surface area contributed by atoms with Gasteiger partial charge in [-0.05, 0) is 51.1 Å². The molecule has 0 saturated heterocycles. The fourth-order valence-corrected chi connectivity index (χ4v) is 3.96. The zero-order valence-electron chi connectivity index (χ0n) is 22.1. The van der Waals surface area contributed by atoms with Gasteiger partial charge < -0.3 is 25.6 Å². The van der Waals surface area contributed by atoms with Crippen LogP contribution >= 0.6 is 0 Å². The van der Waals surface area contributed by atoms with Gasteiger partial charge in [0.1, 0.15) is 18.0 Å². The molecule has 11 nitrogen and oxygen atoms in total. The summed E-state index contributed by atoms with van der Waals surface area (Å²) in [7, 11) is 1.54. The van der Waals surface area contributed by atoms with Crippen LogP contribution in [0.4, 0.5) is 21.7 Å². The van der Waals surface area contributed by atoms with E-state index >= 15 is 0 Å². The number of nitrogens with two attached hydrogens (primary N) is 1. The molecule has 0 saturated carbocycles. The first-order valence-corrected chi connectivity index (χ1v) is 12.4. The van der Waals surface area contributed by atoms with E-state index < -0.39 is 11.7 Å². The summed E-state index contributed by atoms with van der Waals surface area (Å²) >= 11 is 0. The Morgan fingerprint density at radius 1 is 1.21 bits per heavy atom. The monoisotopic (exact) mass is 537 g/mol. The summed E-state index contributed by atoms with van der Waals surface area (Å²) in [6, 6.07) is 11.2. The number of benzene rings is 2. The van der Waals surface area contributed by atoms with E-state index in [9.17, 15) is 14.3 Å². The molecule has 206 valence electrons. The first kappa shape index (κ1) is 27.7. The quantitative estimate of drug-likeness (QED) is 0.189. The molecule has 0 bridgehead atoms. The predicted octanol–water partition coefficient (Wildman–Crippen LogP) is 3.13. The third-order valence-electron chi connectivity index (χ3n) is 5.97. The number of aromatic nitrogens is 4. The second-order valence-electron chi connectivity index (χ2n) is 9.60. The highest BCUT2D eigenvalue weighted by Gasteiger charge is 2.22. The lowest BCUT2D eigenvalue weighted by Gasteiger charge is -2.24. The molecule has 12 heteroatoms. The minimum absolute atomic E-state index is 0.0317. The number of fused-ring (bicyclic) bond motifs is 1. The average Bonchev–Trinajstić information content (AvgIpc) is 3.35. The molecule has 0 unspecified atom stereocenters. The maximum Gasteiger partial charge on any atom is 0.223 e. The number of carbonyl (C=O) groups is 1. The molecule has 2 aromatic heterocycles. The normalized spacial score (nSPS) is 11.5. The van der Waals surface area contributed by atoms with Crippen LogP contribution < -0.4 is 25.4 Å². The van der Waals surface area contributed by atoms with Crippen LogP contribution in [0.25, 0.3) is 10.9 Å². The summed E-state index contributed by atoms with van der Waals surface area (Å²) in [5, 5.41) is 20.4. The summed E-state index contributed by atoms with van der Waals surface area (Å²) in [5.74, 6) is 0.834. The number of nitrogens with zero attached hydrogens (tertiary/aromatic N) is 4. The number of methoxy groups -OCH3 is 1. The lowest BCUT2D eigenvalue weighted by molar-refractivity contribution is -0.117. The van der Waals surface area contributed by atoms with E-state index in [-0.39, 0.29) is 18.6 Å². The van der Waals surface area contributed by atoms with Gasteiger partial charge in [0.15, 0.2) is 17.3 Å². The molecule has 0 aliphatic carbocycles. The second kappa shape index (κ2) is 12.0. The molecule has 2 aromatic carbocycles. The summed E-state index contributed by atoms with van der Waals surface area (Å²) in [6.45, 7) is 4.96. The van der Waals surface area contributed by atoms with Crippen molar-refractivity contribution in [2.75, 3.05) is 31.8 Å². The van der Waals surface area contributed by atoms with Crippen molar-refractivity contribution in [3.63, 3.8) is 0 Å². The molecule has 39 heavy (non-hydrogen) atoms. The van der Waals surface area contributed by atoms with Crippen LogP contribution in [0.1, 0.15) is 26.0 Å². The van der Waals surface area contributed by atoms with Gasteiger partial charge in [-0.25, -0.2) is 14.4 Å². The first-order chi connectivity index (χ1) is 18.7. The minimum Gasteiger partial charge on any atom is -0.493 e. The van der Waals surface area contributed by atoms with E-state index in [1.165, 1.54) is 25.6 Å². The Morgan fingerprint density at radius 2 is 2.03 bits per heavy atom. The Balaban J connectivity index is 1.69. The van der Waals surface area contributed by atoms with Crippen LogP contribution in [0.15, 0.2) is 48.8 Å². The zero-order chi connectivity index (χ0) is 28.0. The number of primary amides is 1. The largest absolute Gasteiger partial charge is 0.493 e. The number of hydrogen-bond donors (Lipinski definition) is 4. The number of amides is 1. The molecule has 0 fully saturated rings. The Kier molecular flexibility index (Phi) is 8.57. The van der Waals surface area contributed by atoms with Crippen molar-refractivity contribution in [1.82, 2.24) is 25.5 Å². The van der Waals surface area contributed by atoms with Gasteiger partial charge >= 0.3 is 0 Å². The predicted molar refractivity (Wildman–Crippen MR) is 145 cm³/mol. The van der Waals surface area contributed by atoms with Gasteiger partial charge in [0.25, 0.3) is 0 Å². The molecule has 4 rings (SSSR count). The van der Waals surface area contributed by atoms with Crippen LogP contribution in [-0.4, -0.2) is 63.6 Å². The number of H-pyrrole nitrogens is 1. The number of anilines is 3. The average molecular weight is 538 g/mol. The van der Waals surface area contributed by atoms with Crippen molar-refractivity contribution in [2.45, 2.75) is 32.2 Å². The smallest absolute Gasteiger partial charge is 0.223 e. The maximum absolute atomic E-state index is 14.3. The maximum atomic E-state index is 14.3. The van der Waals surface area contributed by atoms with Crippen molar-refractivity contribution >= 4 is 34.1 Å². The number of aliphatic hydroxyl groups excluding tert-OH is 1. The molecule has 0 aliphatic heterocycles. The number of aromatic amines is 1. The molecule has 0 spiro atoms. The highest BCUT2D eigenvalue weighted by Crippen LogP contribution is 2.40. The number of ether oxygens (including phenoxy) is 2. The molecule has 2 heterocycles. The Labute approximate surface area is 225 Å². The number of nitrogens with one attached hydrogen (secondary N) is 2. The third kappa shape index (κ3) is 6.78. The van der Waals surface area contributed by atoms with Crippen LogP contribution in [0.2, 0.25) is 0 Å². The van der Waals surface area contributed by atoms with Crippen molar-refractivity contribution in [3.8, 4) is 11.5 Å². The minimum atomic E-state index is -0.514. The molecule has 5 N–H and O–H groups in total. The van der Waals surface area contributed by atoms with Gasteiger partial charge in [0, 0.05) is 28.8 Å². The lowest BCUT2D eigenvalue weighted by atomic mass is 10.1. The van der Waals surface area contributed by atoms with E-state index in [0.717, 1.165) is 0 Å². The van der Waals surface area contributed by atoms with E-state index in [1.54, 1.807) is 35.2 Å². The van der Waals surface area contributed by atoms with Gasteiger partial charge in [0.2, 0.25) is 5.91 Å². The molecular formula is C27H32FN7O4. The molecule has 4 aromatic rings. The second-order valence-corrected chi connectivity index (χ2v) is 9.60. The van der Waals surface area contributed by atoms with E-state index in [0.29, 0.717) is 65.0 Å². The van der Waals surface area contributed by atoms with Crippen molar-refractivity contribution in [3.05, 3.63) is 60.3 Å². The topological polar surface area (TPSA) is 152 Å². The van der Waals surface area contributed by atoms with Gasteiger partial charge in [0.05, 0.1) is 37.9 Å². The van der Waals surface area contributed by atoms with Gasteiger partial charge in [-0.2, -0.15) is 5.10 Å². The highest BCUT2D eigenvalue weighted by atomic mass is 19.1. The Bertz CT molecular complexity index is 1440. The van der Waals surface area contributed by atoms with Gasteiger partial charge in [-0.15, -0.1) is 0 Å². The van der Waals surface area contributed by atoms with Crippen LogP contribution in [0.5, 0.6) is 11.5 Å². The molecular weight excluding hydrogens is 505 g/mol. The van der Waals surface area contributed by atoms with Crippen molar-refractivity contribution in [2.24, 2.45) is 5.73 Å². The van der Waals surface area contributed by atoms with E-state index in [1.807, 2.05) is 13.8 Å². The highest BCUT2D eigenvalue weighted by molar-refractivity contribution is 5.96. The fourth-order valence-electron chi connectivity index (χ4n) is 3.96. The number of rotatable bonds is 13. The third-order valence-corrected chi connectivity index (χ3v) is 5.97. The molecule has 0 aliphatic rings. The summed E-state index contributed by atoms with van der Waals surface area (Å²) in [4.78, 5) is 22.0. The summed E-state index contributed by atoms with van der Waals surface area (Å²) in [5.41, 5.74) is 6.51. The molecule has 0 radical (unpaired) electrons. The number of hydrogen-bond acceptors (Lipinski definition) is 9. The van der Waals surface area contributed by atoms with Crippen molar-refractivity contribution < 1.29 is 23.8 Å².